The zero-order valence-corrected chi connectivity index (χ0v) is 11.5. The Bertz CT molecular complexity index is 699. The van der Waals surface area contributed by atoms with Crippen molar-refractivity contribution in [1.29, 1.82) is 0 Å². The number of hydrogen-bond acceptors (Lipinski definition) is 3. The van der Waals surface area contributed by atoms with Gasteiger partial charge in [0.15, 0.2) is 0 Å². The molecule has 2 aromatic rings. The number of carboxylic acid groups (broad SMARTS) is 1. The van der Waals surface area contributed by atoms with Gasteiger partial charge in [0.2, 0.25) is 5.91 Å². The van der Waals surface area contributed by atoms with Gasteiger partial charge < -0.3 is 10.4 Å². The molecule has 1 heterocycles. The molecule has 0 fully saturated rings. The third kappa shape index (κ3) is 4.15. The molecule has 0 aliphatic heterocycles. The van der Waals surface area contributed by atoms with Crippen molar-refractivity contribution >= 4 is 35.2 Å². The maximum absolute atomic E-state index is 11.8. The van der Waals surface area contributed by atoms with Gasteiger partial charge in [-0.1, -0.05) is 17.7 Å². The van der Waals surface area contributed by atoms with E-state index in [1.165, 1.54) is 24.3 Å². The summed E-state index contributed by atoms with van der Waals surface area (Å²) in [5.41, 5.74) is 0.889. The van der Waals surface area contributed by atoms with Gasteiger partial charge >= 0.3 is 5.97 Å². The highest BCUT2D eigenvalue weighted by atomic mass is 35.5. The summed E-state index contributed by atoms with van der Waals surface area (Å²) in [4.78, 5) is 26.8. The minimum Gasteiger partial charge on any atom is -0.478 e. The van der Waals surface area contributed by atoms with E-state index in [4.69, 9.17) is 16.7 Å². The second-order valence-electron chi connectivity index (χ2n) is 4.10. The van der Waals surface area contributed by atoms with Crippen LogP contribution in [-0.4, -0.2) is 22.0 Å². The van der Waals surface area contributed by atoms with E-state index < -0.39 is 11.9 Å². The standard InChI is InChI=1S/C15H11ClN2O3/c16-11-4-5-13(12(8-11)15(20)21)18-14(19)6-3-10-2-1-7-17-9-10/h1-9H,(H,18,19)(H,20,21)/b6-3+. The van der Waals surface area contributed by atoms with E-state index in [1.807, 2.05) is 0 Å². The molecule has 0 spiro atoms. The summed E-state index contributed by atoms with van der Waals surface area (Å²) < 4.78 is 0. The van der Waals surface area contributed by atoms with Crippen molar-refractivity contribution < 1.29 is 14.7 Å². The van der Waals surface area contributed by atoms with Gasteiger partial charge in [-0.3, -0.25) is 9.78 Å². The van der Waals surface area contributed by atoms with Crippen LogP contribution in [0.1, 0.15) is 15.9 Å². The number of nitrogens with zero attached hydrogens (tertiary/aromatic N) is 1. The van der Waals surface area contributed by atoms with Gasteiger partial charge in [0.05, 0.1) is 11.3 Å². The minimum absolute atomic E-state index is 0.0642. The Labute approximate surface area is 125 Å². The molecule has 5 nitrogen and oxygen atoms in total. The fraction of sp³-hybridized carbons (Fsp3) is 0. The molecule has 6 heteroatoms. The van der Waals surface area contributed by atoms with Gasteiger partial charge in [-0.25, -0.2) is 4.79 Å². The Kier molecular flexibility index (Phi) is 4.68. The van der Waals surface area contributed by atoms with Gasteiger partial charge in [-0.05, 0) is 35.9 Å². The number of nitrogens with one attached hydrogen (secondary N) is 1. The average molecular weight is 303 g/mol. The van der Waals surface area contributed by atoms with Crippen molar-refractivity contribution in [3.8, 4) is 0 Å². The van der Waals surface area contributed by atoms with Crippen molar-refractivity contribution in [1.82, 2.24) is 4.98 Å². The largest absolute Gasteiger partial charge is 0.478 e. The van der Waals surface area contributed by atoms with E-state index in [9.17, 15) is 9.59 Å². The van der Waals surface area contributed by atoms with Crippen molar-refractivity contribution in [2.75, 3.05) is 5.32 Å². The summed E-state index contributed by atoms with van der Waals surface area (Å²) in [5.74, 6) is -1.60. The maximum atomic E-state index is 11.8. The average Bonchev–Trinajstić information content (AvgIpc) is 2.48. The monoisotopic (exact) mass is 302 g/mol. The van der Waals surface area contributed by atoms with Crippen LogP contribution in [0.3, 0.4) is 0 Å². The molecule has 0 unspecified atom stereocenters. The van der Waals surface area contributed by atoms with E-state index >= 15 is 0 Å². The highest BCUT2D eigenvalue weighted by Gasteiger charge is 2.11. The summed E-state index contributed by atoms with van der Waals surface area (Å²) in [7, 11) is 0. The Morgan fingerprint density at radius 3 is 2.76 bits per heavy atom. The van der Waals surface area contributed by atoms with E-state index in [1.54, 1.807) is 30.6 Å². The second-order valence-corrected chi connectivity index (χ2v) is 4.54. The first-order chi connectivity index (χ1) is 10.1. The molecule has 1 aromatic heterocycles. The van der Waals surface area contributed by atoms with Gasteiger partial charge in [-0.2, -0.15) is 0 Å². The van der Waals surface area contributed by atoms with Crippen LogP contribution in [0.25, 0.3) is 6.08 Å². The van der Waals surface area contributed by atoms with E-state index in [-0.39, 0.29) is 16.3 Å². The summed E-state index contributed by atoms with van der Waals surface area (Å²) in [6.07, 6.45) is 6.12. The number of amides is 1. The van der Waals surface area contributed by atoms with Crippen LogP contribution in [0, 0.1) is 0 Å². The van der Waals surface area contributed by atoms with Crippen LogP contribution < -0.4 is 5.32 Å². The number of carbonyl (C=O) groups is 2. The highest BCUT2D eigenvalue weighted by molar-refractivity contribution is 6.31. The molecule has 0 aliphatic carbocycles. The number of benzene rings is 1. The number of carbonyl (C=O) groups excluding carboxylic acids is 1. The van der Waals surface area contributed by atoms with Crippen LogP contribution in [0.4, 0.5) is 5.69 Å². The Morgan fingerprint density at radius 2 is 2.10 bits per heavy atom. The summed E-state index contributed by atoms with van der Waals surface area (Å²) in [5, 5.41) is 11.9. The fourth-order valence-corrected chi connectivity index (χ4v) is 1.80. The van der Waals surface area contributed by atoms with Crippen LogP contribution in [0.5, 0.6) is 0 Å². The number of aromatic carboxylic acids is 1. The Balaban J connectivity index is 2.13. The SMILES string of the molecule is O=C(/C=C/c1cccnc1)Nc1ccc(Cl)cc1C(=O)O. The Morgan fingerprint density at radius 1 is 1.29 bits per heavy atom. The molecule has 0 saturated carbocycles. The lowest BCUT2D eigenvalue weighted by atomic mass is 10.1. The van der Waals surface area contributed by atoms with Crippen molar-refractivity contribution in [3.63, 3.8) is 0 Å². The highest BCUT2D eigenvalue weighted by Crippen LogP contribution is 2.20. The van der Waals surface area contributed by atoms with Gasteiger partial charge in [0.25, 0.3) is 0 Å². The topological polar surface area (TPSA) is 79.3 Å². The van der Waals surface area contributed by atoms with E-state index in [0.717, 1.165) is 5.56 Å². The van der Waals surface area contributed by atoms with Crippen LogP contribution in [0.2, 0.25) is 5.02 Å². The van der Waals surface area contributed by atoms with Gasteiger partial charge in [0.1, 0.15) is 0 Å². The molecule has 0 saturated heterocycles. The number of hydrogen-bond donors (Lipinski definition) is 2. The van der Waals surface area contributed by atoms with Crippen molar-refractivity contribution in [2.24, 2.45) is 0 Å². The first kappa shape index (κ1) is 14.7. The zero-order chi connectivity index (χ0) is 15.2. The molecule has 106 valence electrons. The molecule has 0 bridgehead atoms. The van der Waals surface area contributed by atoms with Crippen molar-refractivity contribution in [3.05, 3.63) is 65.0 Å². The first-order valence-electron chi connectivity index (χ1n) is 5.98. The number of aromatic nitrogens is 1. The lowest BCUT2D eigenvalue weighted by molar-refractivity contribution is -0.111. The molecule has 0 atom stereocenters. The molecule has 1 aromatic carbocycles. The molecular weight excluding hydrogens is 292 g/mol. The predicted molar refractivity (Wildman–Crippen MR) is 80.3 cm³/mol. The molecular formula is C15H11ClN2O3. The first-order valence-corrected chi connectivity index (χ1v) is 6.36. The molecule has 2 N–H and O–H groups in total. The van der Waals surface area contributed by atoms with Gasteiger partial charge in [-0.15, -0.1) is 0 Å². The quantitative estimate of drug-likeness (QED) is 0.851. The van der Waals surface area contributed by atoms with Gasteiger partial charge in [0, 0.05) is 23.5 Å². The summed E-state index contributed by atoms with van der Waals surface area (Å²) in [6.45, 7) is 0. The lowest BCUT2D eigenvalue weighted by Gasteiger charge is -2.06. The second kappa shape index (κ2) is 6.67. The molecule has 2 rings (SSSR count). The molecule has 1 amide bonds. The Hall–Kier alpha value is -2.66. The third-order valence-electron chi connectivity index (χ3n) is 2.58. The predicted octanol–water partition coefficient (Wildman–Crippen LogP) is 3.09. The van der Waals surface area contributed by atoms with Crippen LogP contribution >= 0.6 is 11.6 Å². The third-order valence-corrected chi connectivity index (χ3v) is 2.82. The summed E-state index contributed by atoms with van der Waals surface area (Å²) in [6, 6.07) is 7.78. The van der Waals surface area contributed by atoms with E-state index in [0.29, 0.717) is 0 Å². The van der Waals surface area contributed by atoms with Crippen molar-refractivity contribution in [2.45, 2.75) is 0 Å². The molecule has 0 radical (unpaired) electrons. The number of pyridine rings is 1. The minimum atomic E-state index is -1.16. The zero-order valence-electron chi connectivity index (χ0n) is 10.8. The van der Waals surface area contributed by atoms with Crippen LogP contribution in [-0.2, 0) is 4.79 Å². The molecule has 0 aliphatic rings. The maximum Gasteiger partial charge on any atom is 0.337 e. The number of anilines is 1. The number of rotatable bonds is 4. The molecule has 21 heavy (non-hydrogen) atoms. The fourth-order valence-electron chi connectivity index (χ4n) is 1.62. The van der Waals surface area contributed by atoms with Crippen LogP contribution in [0.15, 0.2) is 48.8 Å². The number of carboxylic acids is 1. The normalized spacial score (nSPS) is 10.5. The van der Waals surface area contributed by atoms with E-state index in [2.05, 4.69) is 10.3 Å². The lowest BCUT2D eigenvalue weighted by Crippen LogP contribution is -2.12. The summed E-state index contributed by atoms with van der Waals surface area (Å²) >= 11 is 5.74. The smallest absolute Gasteiger partial charge is 0.337 e. The number of halogens is 1.